The van der Waals surface area contributed by atoms with Crippen LogP contribution in [0.15, 0.2) is 97.2 Å². The smallest absolute Gasteiger partial charge is 0.311 e. The standard InChI is InChI=1S/C28H22F3N3O/c29-28(30,31)23-12-8-22(9-13-23)26-25-21(7-4-17-32-25)16-18-34(26)27(35)33-24-14-10-20(11-15-24)19-5-2-1-3-6-19/h1-15,17,26H,16,18H2,(H,33,35). The lowest BCUT2D eigenvalue weighted by molar-refractivity contribution is -0.137. The fourth-order valence-corrected chi connectivity index (χ4v) is 4.41. The molecule has 0 radical (unpaired) electrons. The fraction of sp³-hybridized carbons (Fsp3) is 0.143. The molecule has 0 fully saturated rings. The molecular weight excluding hydrogens is 451 g/mol. The highest BCUT2D eigenvalue weighted by Crippen LogP contribution is 2.36. The van der Waals surface area contributed by atoms with E-state index in [4.69, 9.17) is 0 Å². The van der Waals surface area contributed by atoms with Crippen molar-refractivity contribution in [2.45, 2.75) is 18.6 Å². The molecular formula is C28H22F3N3O. The number of pyridine rings is 1. The van der Waals surface area contributed by atoms with Gasteiger partial charge in [-0.2, -0.15) is 13.2 Å². The first kappa shape index (κ1) is 22.7. The van der Waals surface area contributed by atoms with Gasteiger partial charge in [-0.15, -0.1) is 0 Å². The number of benzene rings is 3. The van der Waals surface area contributed by atoms with Gasteiger partial charge in [0.05, 0.1) is 11.3 Å². The molecule has 1 aromatic heterocycles. The number of hydrogen-bond acceptors (Lipinski definition) is 2. The van der Waals surface area contributed by atoms with Crippen LogP contribution in [0, 0.1) is 0 Å². The van der Waals surface area contributed by atoms with Crippen molar-refractivity contribution in [3.63, 3.8) is 0 Å². The predicted molar refractivity (Wildman–Crippen MR) is 129 cm³/mol. The molecule has 35 heavy (non-hydrogen) atoms. The molecule has 1 aliphatic heterocycles. The maximum absolute atomic E-state index is 13.3. The van der Waals surface area contributed by atoms with E-state index in [0.29, 0.717) is 29.9 Å². The molecule has 0 aliphatic carbocycles. The van der Waals surface area contributed by atoms with Crippen molar-refractivity contribution < 1.29 is 18.0 Å². The number of alkyl halides is 3. The van der Waals surface area contributed by atoms with Gasteiger partial charge in [0, 0.05) is 18.4 Å². The average Bonchev–Trinajstić information content (AvgIpc) is 2.88. The monoisotopic (exact) mass is 473 g/mol. The Morgan fingerprint density at radius 1 is 0.857 bits per heavy atom. The van der Waals surface area contributed by atoms with Crippen molar-refractivity contribution in [1.82, 2.24) is 9.88 Å². The Morgan fingerprint density at radius 3 is 2.23 bits per heavy atom. The lowest BCUT2D eigenvalue weighted by Gasteiger charge is -2.36. The maximum Gasteiger partial charge on any atom is 0.416 e. The van der Waals surface area contributed by atoms with Crippen LogP contribution < -0.4 is 5.32 Å². The SMILES string of the molecule is O=C(Nc1ccc(-c2ccccc2)cc1)N1CCc2cccnc2C1c1ccc(C(F)(F)F)cc1. The summed E-state index contributed by atoms with van der Waals surface area (Å²) in [5, 5.41) is 2.94. The van der Waals surface area contributed by atoms with E-state index in [-0.39, 0.29) is 6.03 Å². The first-order valence-corrected chi connectivity index (χ1v) is 11.2. The number of halogens is 3. The molecule has 1 atom stereocenters. The van der Waals surface area contributed by atoms with E-state index in [1.807, 2.05) is 66.7 Å². The van der Waals surface area contributed by atoms with Gasteiger partial charge in [0.2, 0.25) is 0 Å². The third-order valence-corrected chi connectivity index (χ3v) is 6.18. The Morgan fingerprint density at radius 2 is 1.54 bits per heavy atom. The van der Waals surface area contributed by atoms with Gasteiger partial charge in [0.1, 0.15) is 6.04 Å². The molecule has 0 saturated heterocycles. The zero-order valence-electron chi connectivity index (χ0n) is 18.7. The van der Waals surface area contributed by atoms with Gasteiger partial charge in [-0.1, -0.05) is 60.7 Å². The third-order valence-electron chi connectivity index (χ3n) is 6.18. The van der Waals surface area contributed by atoms with Gasteiger partial charge in [-0.25, -0.2) is 4.79 Å². The minimum atomic E-state index is -4.43. The minimum Gasteiger partial charge on any atom is -0.311 e. The van der Waals surface area contributed by atoms with E-state index in [2.05, 4.69) is 10.3 Å². The van der Waals surface area contributed by atoms with E-state index >= 15 is 0 Å². The molecule has 5 rings (SSSR count). The molecule has 2 amide bonds. The van der Waals surface area contributed by atoms with E-state index in [9.17, 15) is 18.0 Å². The van der Waals surface area contributed by atoms with Crippen LogP contribution in [0.25, 0.3) is 11.1 Å². The van der Waals surface area contributed by atoms with Crippen molar-refractivity contribution in [2.75, 3.05) is 11.9 Å². The first-order valence-electron chi connectivity index (χ1n) is 11.2. The molecule has 4 aromatic rings. The molecule has 176 valence electrons. The summed E-state index contributed by atoms with van der Waals surface area (Å²) in [6.45, 7) is 0.415. The normalized spacial score (nSPS) is 15.4. The Balaban J connectivity index is 1.42. The number of carbonyl (C=O) groups excluding carboxylic acids is 1. The number of nitrogens with one attached hydrogen (secondary N) is 1. The number of aromatic nitrogens is 1. The first-order chi connectivity index (χ1) is 16.9. The lowest BCUT2D eigenvalue weighted by Crippen LogP contribution is -2.43. The van der Waals surface area contributed by atoms with Crippen LogP contribution in [-0.2, 0) is 12.6 Å². The predicted octanol–water partition coefficient (Wildman–Crippen LogP) is 6.95. The van der Waals surface area contributed by atoms with Gasteiger partial charge < -0.3 is 10.2 Å². The average molecular weight is 473 g/mol. The van der Waals surface area contributed by atoms with Gasteiger partial charge in [-0.3, -0.25) is 4.98 Å². The third kappa shape index (κ3) is 4.75. The van der Waals surface area contributed by atoms with Gasteiger partial charge in [0.25, 0.3) is 0 Å². The number of amides is 2. The summed E-state index contributed by atoms with van der Waals surface area (Å²) in [5.41, 5.74) is 4.24. The molecule has 7 heteroatoms. The molecule has 1 unspecified atom stereocenters. The van der Waals surface area contributed by atoms with Gasteiger partial charge >= 0.3 is 12.2 Å². The van der Waals surface area contributed by atoms with Crippen LogP contribution in [0.5, 0.6) is 0 Å². The largest absolute Gasteiger partial charge is 0.416 e. The molecule has 0 saturated carbocycles. The second-order valence-corrected chi connectivity index (χ2v) is 8.39. The molecule has 3 aromatic carbocycles. The highest BCUT2D eigenvalue weighted by Gasteiger charge is 2.35. The van der Waals surface area contributed by atoms with Crippen LogP contribution in [0.2, 0.25) is 0 Å². The van der Waals surface area contributed by atoms with Crippen LogP contribution in [0.3, 0.4) is 0 Å². The van der Waals surface area contributed by atoms with Crippen molar-refractivity contribution in [2.24, 2.45) is 0 Å². The number of fused-ring (bicyclic) bond motifs is 1. The summed E-state index contributed by atoms with van der Waals surface area (Å²) < 4.78 is 39.3. The number of anilines is 1. The van der Waals surface area contributed by atoms with Crippen molar-refractivity contribution in [1.29, 1.82) is 0 Å². The van der Waals surface area contributed by atoms with Gasteiger partial charge in [0.15, 0.2) is 0 Å². The van der Waals surface area contributed by atoms with Gasteiger partial charge in [-0.05, 0) is 59.0 Å². The second-order valence-electron chi connectivity index (χ2n) is 8.39. The molecule has 2 heterocycles. The van der Waals surface area contributed by atoms with Crippen molar-refractivity contribution >= 4 is 11.7 Å². The maximum atomic E-state index is 13.3. The summed E-state index contributed by atoms with van der Waals surface area (Å²) in [7, 11) is 0. The number of hydrogen-bond donors (Lipinski definition) is 1. The van der Waals surface area contributed by atoms with Crippen LogP contribution in [-0.4, -0.2) is 22.5 Å². The summed E-state index contributed by atoms with van der Waals surface area (Å²) >= 11 is 0. The van der Waals surface area contributed by atoms with Crippen molar-refractivity contribution in [3.05, 3.63) is 120 Å². The summed E-state index contributed by atoms with van der Waals surface area (Å²) in [6, 6.07) is 25.2. The molecule has 1 N–H and O–H groups in total. The topological polar surface area (TPSA) is 45.2 Å². The van der Waals surface area contributed by atoms with E-state index in [1.54, 1.807) is 11.1 Å². The van der Waals surface area contributed by atoms with Crippen LogP contribution in [0.4, 0.5) is 23.7 Å². The number of nitrogens with zero attached hydrogens (tertiary/aromatic N) is 2. The van der Waals surface area contributed by atoms with E-state index in [0.717, 1.165) is 28.8 Å². The number of urea groups is 1. The second kappa shape index (κ2) is 9.25. The Kier molecular flexibility index (Phi) is 5.99. The Hall–Kier alpha value is -4.13. The van der Waals surface area contributed by atoms with Crippen LogP contribution >= 0.6 is 0 Å². The number of carbonyl (C=O) groups is 1. The quantitative estimate of drug-likeness (QED) is 0.350. The summed E-state index contributed by atoms with van der Waals surface area (Å²) in [6.07, 6.45) is -2.18. The Bertz CT molecular complexity index is 1320. The Labute approximate surface area is 201 Å². The minimum absolute atomic E-state index is 0.335. The fourth-order valence-electron chi connectivity index (χ4n) is 4.41. The zero-order chi connectivity index (χ0) is 24.4. The zero-order valence-corrected chi connectivity index (χ0v) is 18.7. The van der Waals surface area contributed by atoms with Crippen LogP contribution in [0.1, 0.15) is 28.4 Å². The highest BCUT2D eigenvalue weighted by molar-refractivity contribution is 5.90. The summed E-state index contributed by atoms with van der Waals surface area (Å²) in [4.78, 5) is 19.5. The van der Waals surface area contributed by atoms with E-state index in [1.165, 1.54) is 12.1 Å². The molecule has 4 nitrogen and oxygen atoms in total. The molecule has 1 aliphatic rings. The number of rotatable bonds is 3. The molecule has 0 bridgehead atoms. The lowest BCUT2D eigenvalue weighted by atomic mass is 9.92. The van der Waals surface area contributed by atoms with Crippen molar-refractivity contribution in [3.8, 4) is 11.1 Å². The van der Waals surface area contributed by atoms with E-state index < -0.39 is 17.8 Å². The highest BCUT2D eigenvalue weighted by atomic mass is 19.4. The summed E-state index contributed by atoms with van der Waals surface area (Å²) in [5.74, 6) is 0. The molecule has 0 spiro atoms.